The second-order valence-corrected chi connectivity index (χ2v) is 8.06. The summed E-state index contributed by atoms with van der Waals surface area (Å²) in [7, 11) is 1.72. The summed E-state index contributed by atoms with van der Waals surface area (Å²) < 4.78 is 5.45. The molecule has 2 aromatic carbocycles. The molecule has 1 atom stereocenters. The lowest BCUT2D eigenvalue weighted by atomic mass is 9.93. The lowest BCUT2D eigenvalue weighted by Gasteiger charge is -2.30. The normalized spacial score (nSPS) is 20.6. The maximum absolute atomic E-state index is 11.3. The number of hydrogen-bond acceptors (Lipinski definition) is 3. The van der Waals surface area contributed by atoms with Crippen molar-refractivity contribution in [2.24, 2.45) is 5.92 Å². The molecule has 1 N–H and O–H groups in total. The molecule has 0 spiro atoms. The van der Waals surface area contributed by atoms with Gasteiger partial charge in [-0.05, 0) is 78.6 Å². The molecule has 1 saturated heterocycles. The second-order valence-electron chi connectivity index (χ2n) is 8.06. The molecule has 2 aromatic rings. The molecule has 0 aromatic heterocycles. The summed E-state index contributed by atoms with van der Waals surface area (Å²) in [4.78, 5) is 13.6. The number of aryl methyl sites for hydroxylation is 2. The molecule has 1 heterocycles. The van der Waals surface area contributed by atoms with Gasteiger partial charge in [0.05, 0.1) is 13.0 Å². The van der Waals surface area contributed by atoms with Crippen LogP contribution < -0.4 is 4.74 Å². The molecule has 0 bridgehead atoms. The molecular weight excluding hydrogens is 362 g/mol. The third kappa shape index (κ3) is 4.38. The van der Waals surface area contributed by atoms with Crippen molar-refractivity contribution in [1.29, 1.82) is 0 Å². The number of fused-ring (bicyclic) bond motifs is 2. The van der Waals surface area contributed by atoms with E-state index < -0.39 is 5.97 Å². The zero-order chi connectivity index (χ0) is 20.2. The van der Waals surface area contributed by atoms with E-state index >= 15 is 0 Å². The molecule has 0 saturated carbocycles. The summed E-state index contributed by atoms with van der Waals surface area (Å²) in [5.41, 5.74) is 6.62. The highest BCUT2D eigenvalue weighted by molar-refractivity contribution is 5.84. The highest BCUT2D eigenvalue weighted by Gasteiger charge is 2.25. The lowest BCUT2D eigenvalue weighted by Crippen LogP contribution is -2.39. The molecule has 1 fully saturated rings. The van der Waals surface area contributed by atoms with Crippen LogP contribution in [0.15, 0.2) is 48.5 Å². The zero-order valence-corrected chi connectivity index (χ0v) is 17.1. The fraction of sp³-hybridized carbons (Fsp3) is 0.400. The van der Waals surface area contributed by atoms with Crippen LogP contribution in [0.25, 0.3) is 5.57 Å². The van der Waals surface area contributed by atoms with Crippen LogP contribution in [0.4, 0.5) is 0 Å². The van der Waals surface area contributed by atoms with Crippen molar-refractivity contribution in [3.05, 3.63) is 70.8 Å². The number of carbonyl (C=O) groups is 1. The van der Waals surface area contributed by atoms with Gasteiger partial charge in [-0.15, -0.1) is 0 Å². The maximum Gasteiger partial charge on any atom is 0.307 e. The van der Waals surface area contributed by atoms with Gasteiger partial charge in [0.1, 0.15) is 5.75 Å². The monoisotopic (exact) mass is 391 g/mol. The van der Waals surface area contributed by atoms with E-state index in [2.05, 4.69) is 47.4 Å². The molecule has 0 radical (unpaired) electrons. The van der Waals surface area contributed by atoms with Crippen LogP contribution in [0, 0.1) is 5.92 Å². The fourth-order valence-corrected chi connectivity index (χ4v) is 4.65. The Hall–Kier alpha value is -2.59. The van der Waals surface area contributed by atoms with Crippen LogP contribution in [0.5, 0.6) is 5.75 Å². The Morgan fingerprint density at radius 3 is 2.79 bits per heavy atom. The van der Waals surface area contributed by atoms with Crippen molar-refractivity contribution in [3.63, 3.8) is 0 Å². The second kappa shape index (κ2) is 8.83. The van der Waals surface area contributed by atoms with Gasteiger partial charge in [0.2, 0.25) is 0 Å². The van der Waals surface area contributed by atoms with Crippen molar-refractivity contribution >= 4 is 11.5 Å². The van der Waals surface area contributed by atoms with Gasteiger partial charge in [0.15, 0.2) is 0 Å². The van der Waals surface area contributed by atoms with Crippen molar-refractivity contribution in [3.8, 4) is 5.75 Å². The number of methoxy groups -OCH3 is 1. The quantitative estimate of drug-likeness (QED) is 0.820. The average molecular weight is 392 g/mol. The van der Waals surface area contributed by atoms with E-state index in [9.17, 15) is 9.90 Å². The van der Waals surface area contributed by atoms with Gasteiger partial charge in [0.25, 0.3) is 0 Å². The van der Waals surface area contributed by atoms with Crippen LogP contribution in [0.3, 0.4) is 0 Å². The molecule has 2 aliphatic rings. The van der Waals surface area contributed by atoms with Gasteiger partial charge in [-0.2, -0.15) is 0 Å². The number of nitrogens with zero attached hydrogens (tertiary/aromatic N) is 1. The molecule has 1 aliphatic heterocycles. The van der Waals surface area contributed by atoms with E-state index in [1.165, 1.54) is 27.8 Å². The minimum absolute atomic E-state index is 0.219. The summed E-state index contributed by atoms with van der Waals surface area (Å²) >= 11 is 0. The Balaban J connectivity index is 1.59. The number of likely N-dealkylation sites (tertiary alicyclic amines) is 1. The van der Waals surface area contributed by atoms with Gasteiger partial charge in [-0.1, -0.05) is 36.4 Å². The molecule has 4 heteroatoms. The molecule has 4 rings (SSSR count). The zero-order valence-electron chi connectivity index (χ0n) is 17.1. The first-order chi connectivity index (χ1) is 14.2. The van der Waals surface area contributed by atoms with Gasteiger partial charge < -0.3 is 14.7 Å². The largest absolute Gasteiger partial charge is 0.497 e. The molecule has 29 heavy (non-hydrogen) atoms. The maximum atomic E-state index is 11.3. The number of piperidine rings is 1. The van der Waals surface area contributed by atoms with Crippen molar-refractivity contribution in [2.75, 3.05) is 26.7 Å². The first-order valence-corrected chi connectivity index (χ1v) is 10.6. The molecular formula is C25H29NO3. The number of hydrogen-bond donors (Lipinski definition) is 1. The van der Waals surface area contributed by atoms with Gasteiger partial charge >= 0.3 is 5.97 Å². The predicted molar refractivity (Wildman–Crippen MR) is 115 cm³/mol. The first kappa shape index (κ1) is 19.7. The van der Waals surface area contributed by atoms with E-state index in [1.54, 1.807) is 7.11 Å². The Kier molecular flexibility index (Phi) is 6.00. The number of benzene rings is 2. The topological polar surface area (TPSA) is 49.8 Å². The number of rotatable bonds is 5. The Bertz CT molecular complexity index is 918. The van der Waals surface area contributed by atoms with Gasteiger partial charge in [-0.3, -0.25) is 4.79 Å². The van der Waals surface area contributed by atoms with E-state index in [4.69, 9.17) is 4.74 Å². The number of carboxylic acid groups (broad SMARTS) is 1. The first-order valence-electron chi connectivity index (χ1n) is 10.6. The Morgan fingerprint density at radius 1 is 1.17 bits per heavy atom. The fourth-order valence-electron chi connectivity index (χ4n) is 4.65. The molecule has 152 valence electrons. The van der Waals surface area contributed by atoms with Crippen LogP contribution in [0.2, 0.25) is 0 Å². The summed E-state index contributed by atoms with van der Waals surface area (Å²) in [5.74, 6) is 0.0268. The van der Waals surface area contributed by atoms with E-state index in [0.29, 0.717) is 6.54 Å². The highest BCUT2D eigenvalue weighted by Crippen LogP contribution is 2.35. The van der Waals surface area contributed by atoms with Crippen molar-refractivity contribution < 1.29 is 14.6 Å². The third-order valence-electron chi connectivity index (χ3n) is 6.22. The van der Waals surface area contributed by atoms with Crippen molar-refractivity contribution in [1.82, 2.24) is 4.90 Å². The minimum Gasteiger partial charge on any atom is -0.497 e. The average Bonchev–Trinajstić information content (AvgIpc) is 2.91. The smallest absolute Gasteiger partial charge is 0.307 e. The molecule has 1 aliphatic carbocycles. The van der Waals surface area contributed by atoms with Gasteiger partial charge in [-0.25, -0.2) is 0 Å². The van der Waals surface area contributed by atoms with Crippen LogP contribution >= 0.6 is 0 Å². The van der Waals surface area contributed by atoms with Crippen LogP contribution in [-0.2, 0) is 17.6 Å². The van der Waals surface area contributed by atoms with E-state index in [1.807, 2.05) is 6.07 Å². The summed E-state index contributed by atoms with van der Waals surface area (Å²) in [6.45, 7) is 2.57. The minimum atomic E-state index is -0.659. The predicted octanol–water partition coefficient (Wildman–Crippen LogP) is 4.41. The van der Waals surface area contributed by atoms with E-state index in [-0.39, 0.29) is 5.92 Å². The van der Waals surface area contributed by atoms with E-state index in [0.717, 1.165) is 50.9 Å². The summed E-state index contributed by atoms with van der Waals surface area (Å²) in [6.07, 6.45) is 7.07. The third-order valence-corrected chi connectivity index (χ3v) is 6.22. The van der Waals surface area contributed by atoms with Crippen LogP contribution in [0.1, 0.15) is 41.5 Å². The van der Waals surface area contributed by atoms with Crippen LogP contribution in [-0.4, -0.2) is 42.7 Å². The standard InChI is InChI=1S/C25H29NO3/c1-29-21-12-13-23-19(16-21)11-10-18-6-2-3-8-22(18)24(23)9-5-15-26-14-4-7-20(17-26)25(27)28/h2-3,6,8-9,12-13,16,20H,4-5,7,10-11,14-15,17H2,1H3,(H,27,28)/b24-9-. The number of ether oxygens (including phenoxy) is 1. The Morgan fingerprint density at radius 2 is 1.97 bits per heavy atom. The SMILES string of the molecule is COc1ccc2c(c1)CCc1ccccc1/C2=C/CCN1CCCC(C(=O)O)C1. The number of carboxylic acids is 1. The summed E-state index contributed by atoms with van der Waals surface area (Å²) in [5, 5.41) is 9.33. The molecule has 1 unspecified atom stereocenters. The van der Waals surface area contributed by atoms with Crippen molar-refractivity contribution in [2.45, 2.75) is 32.1 Å². The highest BCUT2D eigenvalue weighted by atomic mass is 16.5. The lowest BCUT2D eigenvalue weighted by molar-refractivity contribution is -0.143. The Labute approximate surface area is 172 Å². The summed E-state index contributed by atoms with van der Waals surface area (Å²) in [6, 6.07) is 15.1. The molecule has 4 nitrogen and oxygen atoms in total. The number of aliphatic carboxylic acids is 1. The van der Waals surface area contributed by atoms with Gasteiger partial charge in [0, 0.05) is 13.1 Å². The molecule has 0 amide bonds.